The molecule has 0 heterocycles. The molecular weight excluding hydrogens is 264 g/mol. The topological polar surface area (TPSA) is 52.3 Å². The highest BCUT2D eigenvalue weighted by atomic mass is 35.5. The first-order valence-corrected chi connectivity index (χ1v) is 5.58. The van der Waals surface area contributed by atoms with Crippen molar-refractivity contribution in [1.29, 1.82) is 0 Å². The summed E-state index contributed by atoms with van der Waals surface area (Å²) < 4.78 is 32.0. The molecule has 0 saturated carbocycles. The molecule has 0 aliphatic rings. The van der Waals surface area contributed by atoms with Gasteiger partial charge in [-0.15, -0.1) is 0 Å². The third-order valence-electron chi connectivity index (χ3n) is 2.88. The minimum absolute atomic E-state index is 0.248. The Kier molecular flexibility index (Phi) is 4.29. The van der Waals surface area contributed by atoms with E-state index in [2.05, 4.69) is 4.74 Å². The summed E-state index contributed by atoms with van der Waals surface area (Å²) in [7, 11) is 1.18. The molecule has 0 aliphatic heterocycles. The van der Waals surface area contributed by atoms with Crippen molar-refractivity contribution in [3.63, 3.8) is 0 Å². The van der Waals surface area contributed by atoms with Crippen LogP contribution in [0.1, 0.15) is 25.5 Å². The van der Waals surface area contributed by atoms with Crippen LogP contribution in [0.15, 0.2) is 12.1 Å². The zero-order chi connectivity index (χ0) is 14.1. The Bertz CT molecular complexity index is 477. The predicted octanol–water partition coefficient (Wildman–Crippen LogP) is 2.82. The second-order valence-electron chi connectivity index (χ2n) is 4.45. The van der Waals surface area contributed by atoms with Crippen molar-refractivity contribution >= 4 is 17.6 Å². The van der Waals surface area contributed by atoms with Gasteiger partial charge in [0.1, 0.15) is 11.6 Å². The Hall–Kier alpha value is -1.20. The van der Waals surface area contributed by atoms with Gasteiger partial charge < -0.3 is 10.5 Å². The molecule has 18 heavy (non-hydrogen) atoms. The largest absolute Gasteiger partial charge is 0.469 e. The number of hydrogen-bond donors (Lipinski definition) is 1. The maximum Gasteiger partial charge on any atom is 0.313 e. The monoisotopic (exact) mass is 277 g/mol. The molecule has 6 heteroatoms. The third-order valence-corrected chi connectivity index (χ3v) is 3.17. The van der Waals surface area contributed by atoms with Crippen molar-refractivity contribution in [3.8, 4) is 0 Å². The molecule has 0 saturated heterocycles. The summed E-state index contributed by atoms with van der Waals surface area (Å²) in [6.45, 7) is 2.90. The number of nitrogens with two attached hydrogens (primary N) is 1. The molecule has 3 nitrogen and oxygen atoms in total. The average molecular weight is 278 g/mol. The highest BCUT2D eigenvalue weighted by molar-refractivity contribution is 6.30. The fourth-order valence-electron chi connectivity index (χ4n) is 1.58. The van der Waals surface area contributed by atoms with Crippen LogP contribution in [0.25, 0.3) is 0 Å². The van der Waals surface area contributed by atoms with Crippen LogP contribution in [-0.4, -0.2) is 13.1 Å². The van der Waals surface area contributed by atoms with Crippen molar-refractivity contribution in [2.75, 3.05) is 7.11 Å². The van der Waals surface area contributed by atoms with Crippen LogP contribution < -0.4 is 5.73 Å². The Morgan fingerprint density at radius 2 is 2.00 bits per heavy atom. The van der Waals surface area contributed by atoms with Gasteiger partial charge in [0, 0.05) is 5.56 Å². The van der Waals surface area contributed by atoms with E-state index in [1.807, 2.05) is 0 Å². The van der Waals surface area contributed by atoms with Crippen molar-refractivity contribution in [3.05, 3.63) is 34.4 Å². The fraction of sp³-hybridized carbons (Fsp3) is 0.417. The maximum absolute atomic E-state index is 13.8. The zero-order valence-corrected chi connectivity index (χ0v) is 11.0. The van der Waals surface area contributed by atoms with Gasteiger partial charge in [-0.1, -0.05) is 11.6 Å². The van der Waals surface area contributed by atoms with Crippen LogP contribution in [0, 0.1) is 17.0 Å². The highest BCUT2D eigenvalue weighted by Crippen LogP contribution is 2.36. The molecular formula is C12H14ClF2NO2. The molecule has 1 atom stereocenters. The van der Waals surface area contributed by atoms with Gasteiger partial charge in [0.15, 0.2) is 0 Å². The lowest BCUT2D eigenvalue weighted by molar-refractivity contribution is -0.152. The molecule has 1 aromatic carbocycles. The van der Waals surface area contributed by atoms with Crippen LogP contribution >= 0.6 is 11.6 Å². The fourth-order valence-corrected chi connectivity index (χ4v) is 1.74. The lowest BCUT2D eigenvalue weighted by atomic mass is 9.80. The molecule has 0 amide bonds. The van der Waals surface area contributed by atoms with Crippen LogP contribution in [0.4, 0.5) is 8.78 Å². The number of esters is 1. The van der Waals surface area contributed by atoms with Crippen molar-refractivity contribution in [1.82, 2.24) is 0 Å². The Balaban J connectivity index is 3.31. The van der Waals surface area contributed by atoms with E-state index in [4.69, 9.17) is 17.3 Å². The van der Waals surface area contributed by atoms with E-state index >= 15 is 0 Å². The van der Waals surface area contributed by atoms with Gasteiger partial charge >= 0.3 is 5.97 Å². The van der Waals surface area contributed by atoms with Gasteiger partial charge in [-0.2, -0.15) is 0 Å². The van der Waals surface area contributed by atoms with E-state index in [-0.39, 0.29) is 5.02 Å². The second-order valence-corrected chi connectivity index (χ2v) is 4.86. The molecule has 100 valence electrons. The van der Waals surface area contributed by atoms with E-state index in [1.165, 1.54) is 21.0 Å². The van der Waals surface area contributed by atoms with Gasteiger partial charge in [-0.3, -0.25) is 4.79 Å². The first-order chi connectivity index (χ1) is 8.23. The normalized spacial score (nSPS) is 13.3. The molecule has 0 fully saturated rings. The number of carbonyl (C=O) groups excluding carboxylic acids is 1. The molecule has 1 rings (SSSR count). The Morgan fingerprint density at radius 3 is 2.50 bits per heavy atom. The smallest absolute Gasteiger partial charge is 0.313 e. The van der Waals surface area contributed by atoms with Crippen molar-refractivity contribution in [2.45, 2.75) is 19.9 Å². The van der Waals surface area contributed by atoms with E-state index in [0.717, 1.165) is 12.1 Å². The maximum atomic E-state index is 13.8. The van der Waals surface area contributed by atoms with Gasteiger partial charge in [-0.05, 0) is 26.0 Å². The second kappa shape index (κ2) is 5.20. The van der Waals surface area contributed by atoms with Gasteiger partial charge in [0.05, 0.1) is 23.6 Å². The summed E-state index contributed by atoms with van der Waals surface area (Å²) in [6, 6.07) is 0.894. The van der Waals surface area contributed by atoms with Gasteiger partial charge in [0.2, 0.25) is 0 Å². The first-order valence-electron chi connectivity index (χ1n) is 5.20. The summed E-state index contributed by atoms with van der Waals surface area (Å²) in [5, 5.41) is -0.248. The number of ether oxygens (including phenoxy) is 1. The van der Waals surface area contributed by atoms with Crippen LogP contribution in [0.2, 0.25) is 5.02 Å². The summed E-state index contributed by atoms with van der Waals surface area (Å²) in [5.74, 6) is -2.46. The standard InChI is InChI=1S/C12H14ClF2NO2/c1-12(2,11(17)18-3)10(16)8-7(14)5-4-6(13)9(8)15/h4-5,10H,16H2,1-3H3/t10-/m0/s1. The average Bonchev–Trinajstić information content (AvgIpc) is 2.33. The minimum Gasteiger partial charge on any atom is -0.469 e. The van der Waals surface area contributed by atoms with Crippen LogP contribution in [0.5, 0.6) is 0 Å². The third kappa shape index (κ3) is 2.47. The minimum atomic E-state index is -1.28. The van der Waals surface area contributed by atoms with E-state index in [9.17, 15) is 13.6 Å². The molecule has 1 aromatic rings. The number of hydrogen-bond acceptors (Lipinski definition) is 3. The van der Waals surface area contributed by atoms with Gasteiger partial charge in [0.25, 0.3) is 0 Å². The lowest BCUT2D eigenvalue weighted by Gasteiger charge is -2.29. The first kappa shape index (κ1) is 14.9. The van der Waals surface area contributed by atoms with Crippen LogP contribution in [0.3, 0.4) is 0 Å². The molecule has 0 spiro atoms. The molecule has 0 aromatic heterocycles. The quantitative estimate of drug-likeness (QED) is 0.683. The lowest BCUT2D eigenvalue weighted by Crippen LogP contribution is -2.38. The summed E-state index contributed by atoms with van der Waals surface area (Å²) in [6.07, 6.45) is 0. The number of halogens is 3. The zero-order valence-electron chi connectivity index (χ0n) is 10.3. The van der Waals surface area contributed by atoms with Crippen molar-refractivity contribution < 1.29 is 18.3 Å². The molecule has 0 radical (unpaired) electrons. The molecule has 0 unspecified atom stereocenters. The highest BCUT2D eigenvalue weighted by Gasteiger charge is 2.39. The van der Waals surface area contributed by atoms with Crippen molar-refractivity contribution in [2.24, 2.45) is 11.1 Å². The number of methoxy groups -OCH3 is 1. The molecule has 0 bridgehead atoms. The van der Waals surface area contributed by atoms with E-state index in [0.29, 0.717) is 0 Å². The number of rotatable bonds is 3. The van der Waals surface area contributed by atoms with Crippen LogP contribution in [-0.2, 0) is 9.53 Å². The molecule has 0 aliphatic carbocycles. The van der Waals surface area contributed by atoms with E-state index in [1.54, 1.807) is 0 Å². The summed E-state index contributed by atoms with van der Waals surface area (Å²) >= 11 is 5.58. The predicted molar refractivity (Wildman–Crippen MR) is 64.1 cm³/mol. The molecule has 2 N–H and O–H groups in total. The summed E-state index contributed by atoms with van der Waals surface area (Å²) in [4.78, 5) is 11.6. The summed E-state index contributed by atoms with van der Waals surface area (Å²) in [5.41, 5.74) is 4.09. The Labute approximate surface area is 109 Å². The number of carbonyl (C=O) groups is 1. The SMILES string of the molecule is COC(=O)C(C)(C)[C@@H](N)c1c(F)ccc(Cl)c1F. The van der Waals surface area contributed by atoms with E-state index < -0.39 is 34.6 Å². The van der Waals surface area contributed by atoms with Gasteiger partial charge in [-0.25, -0.2) is 8.78 Å². The number of benzene rings is 1. The Morgan fingerprint density at radius 1 is 1.44 bits per heavy atom.